The van der Waals surface area contributed by atoms with Crippen LogP contribution in [0.1, 0.15) is 39.6 Å². The third kappa shape index (κ3) is 8.09. The van der Waals surface area contributed by atoms with Gasteiger partial charge in [-0.25, -0.2) is 4.79 Å². The van der Waals surface area contributed by atoms with Gasteiger partial charge in [-0.05, 0) is 83.4 Å². The molecule has 0 spiro atoms. The normalized spacial score (nSPS) is 11.8. The molecule has 5 N–H and O–H groups in total. The maximum absolute atomic E-state index is 13.3. The van der Waals surface area contributed by atoms with Crippen molar-refractivity contribution in [2.45, 2.75) is 23.5 Å². The number of hydrogen-bond acceptors (Lipinski definition) is 7. The number of thiophene rings is 1. The minimum Gasteiger partial charge on any atom is -0.507 e. The first-order valence-electron chi connectivity index (χ1n) is 12.8. The van der Waals surface area contributed by atoms with E-state index < -0.39 is 28.8 Å². The van der Waals surface area contributed by atoms with Crippen LogP contribution in [-0.4, -0.2) is 39.2 Å². The smallest absolute Gasteiger partial charge is 0.339 e. The van der Waals surface area contributed by atoms with Gasteiger partial charge in [0, 0.05) is 21.8 Å². The lowest BCUT2D eigenvalue weighted by Gasteiger charge is -2.16. The number of aromatic carboxylic acids is 1. The number of phenols is 1. The monoisotopic (exact) mass is 601 g/mol. The molecule has 1 unspecified atom stereocenters. The predicted molar refractivity (Wildman–Crippen MR) is 165 cm³/mol. The number of hydrogen-bond donors (Lipinski definition) is 5. The first kappa shape index (κ1) is 30.1. The van der Waals surface area contributed by atoms with Crippen LogP contribution in [0, 0.1) is 0 Å². The number of rotatable bonds is 11. The van der Waals surface area contributed by atoms with Crippen molar-refractivity contribution in [1.82, 2.24) is 5.32 Å². The Kier molecular flexibility index (Phi) is 10.1. The Balaban J connectivity index is 1.46. The second-order valence-corrected chi connectivity index (χ2v) is 11.0. The van der Waals surface area contributed by atoms with E-state index in [2.05, 4.69) is 16.0 Å². The van der Waals surface area contributed by atoms with Crippen molar-refractivity contribution in [2.75, 3.05) is 10.6 Å². The fourth-order valence-corrected chi connectivity index (χ4v) is 5.44. The maximum Gasteiger partial charge on any atom is 0.339 e. The van der Waals surface area contributed by atoms with Gasteiger partial charge in [0.2, 0.25) is 5.91 Å². The molecular formula is C31H27N3O6S2. The Morgan fingerprint density at radius 2 is 1.69 bits per heavy atom. The zero-order valence-corrected chi connectivity index (χ0v) is 24.0. The van der Waals surface area contributed by atoms with Crippen molar-refractivity contribution in [1.29, 1.82) is 0 Å². The Morgan fingerprint density at radius 1 is 0.929 bits per heavy atom. The highest BCUT2D eigenvalue weighted by Crippen LogP contribution is 2.29. The molecule has 42 heavy (non-hydrogen) atoms. The molecular weight excluding hydrogens is 574 g/mol. The van der Waals surface area contributed by atoms with Gasteiger partial charge in [-0.1, -0.05) is 31.2 Å². The number of thioether (sulfide) groups is 1. The maximum atomic E-state index is 13.3. The Bertz CT molecular complexity index is 1620. The van der Waals surface area contributed by atoms with Crippen LogP contribution in [0.5, 0.6) is 5.75 Å². The Labute approximate surface area is 250 Å². The summed E-state index contributed by atoms with van der Waals surface area (Å²) >= 11 is 2.74. The van der Waals surface area contributed by atoms with Crippen molar-refractivity contribution in [2.24, 2.45) is 0 Å². The second-order valence-electron chi connectivity index (χ2n) is 8.96. The minimum atomic E-state index is -1.31. The predicted octanol–water partition coefficient (Wildman–Crippen LogP) is 6.07. The van der Waals surface area contributed by atoms with Crippen LogP contribution >= 0.6 is 23.1 Å². The summed E-state index contributed by atoms with van der Waals surface area (Å²) in [5.41, 5.74) is 1.65. The number of aromatic hydroxyl groups is 1. The summed E-state index contributed by atoms with van der Waals surface area (Å²) in [7, 11) is 0. The summed E-state index contributed by atoms with van der Waals surface area (Å²) in [6, 6.07) is 21.2. The molecule has 0 bridgehead atoms. The van der Waals surface area contributed by atoms with Gasteiger partial charge in [0.1, 0.15) is 17.0 Å². The highest BCUT2D eigenvalue weighted by atomic mass is 32.2. The largest absolute Gasteiger partial charge is 0.507 e. The number of anilines is 2. The van der Waals surface area contributed by atoms with E-state index in [1.54, 1.807) is 60.7 Å². The summed E-state index contributed by atoms with van der Waals surface area (Å²) < 4.78 is 0. The summed E-state index contributed by atoms with van der Waals surface area (Å²) in [5.74, 6) is -2.98. The minimum absolute atomic E-state index is 0.0701. The molecule has 0 saturated carbocycles. The zero-order valence-electron chi connectivity index (χ0n) is 22.4. The van der Waals surface area contributed by atoms with Crippen LogP contribution in [0.15, 0.2) is 100 Å². The molecule has 4 rings (SSSR count). The van der Waals surface area contributed by atoms with E-state index in [4.69, 9.17) is 0 Å². The van der Waals surface area contributed by atoms with E-state index in [9.17, 15) is 29.4 Å². The van der Waals surface area contributed by atoms with Gasteiger partial charge in [0.25, 0.3) is 11.8 Å². The van der Waals surface area contributed by atoms with Crippen LogP contribution in [0.2, 0.25) is 0 Å². The molecule has 1 aromatic heterocycles. The van der Waals surface area contributed by atoms with Gasteiger partial charge < -0.3 is 26.2 Å². The van der Waals surface area contributed by atoms with Crippen molar-refractivity contribution >= 4 is 64.2 Å². The van der Waals surface area contributed by atoms with Crippen LogP contribution < -0.4 is 16.0 Å². The van der Waals surface area contributed by atoms with Crippen molar-refractivity contribution < 1.29 is 29.4 Å². The molecule has 0 fully saturated rings. The molecule has 3 amide bonds. The van der Waals surface area contributed by atoms with Gasteiger partial charge in [-0.3, -0.25) is 14.4 Å². The number of benzene rings is 3. The van der Waals surface area contributed by atoms with Gasteiger partial charge in [-0.2, -0.15) is 11.3 Å². The SMILES string of the molecule is CCC(Sc1cccc(NC(=O)/C(=C/c2ccsc2)NC(=O)c2ccccc2)c1)C(=O)Nc1ccc(O)c(C(=O)O)c1. The highest BCUT2D eigenvalue weighted by Gasteiger charge is 2.20. The summed E-state index contributed by atoms with van der Waals surface area (Å²) in [5, 5.41) is 30.4. The highest BCUT2D eigenvalue weighted by molar-refractivity contribution is 8.00. The molecule has 0 aliphatic carbocycles. The fraction of sp³-hybridized carbons (Fsp3) is 0.0968. The van der Waals surface area contributed by atoms with Crippen LogP contribution in [0.25, 0.3) is 6.08 Å². The lowest BCUT2D eigenvalue weighted by Crippen LogP contribution is -2.30. The molecule has 0 saturated heterocycles. The topological polar surface area (TPSA) is 145 Å². The van der Waals surface area contributed by atoms with Gasteiger partial charge >= 0.3 is 5.97 Å². The lowest BCUT2D eigenvalue weighted by atomic mass is 10.1. The van der Waals surface area contributed by atoms with E-state index >= 15 is 0 Å². The van der Waals surface area contributed by atoms with Gasteiger partial charge in [-0.15, -0.1) is 11.8 Å². The van der Waals surface area contributed by atoms with E-state index in [1.807, 2.05) is 23.8 Å². The van der Waals surface area contributed by atoms with Crippen molar-refractivity contribution in [3.63, 3.8) is 0 Å². The molecule has 3 aromatic carbocycles. The number of amides is 3. The number of carboxylic acid groups (broad SMARTS) is 1. The summed E-state index contributed by atoms with van der Waals surface area (Å²) in [4.78, 5) is 51.1. The van der Waals surface area contributed by atoms with Crippen LogP contribution in [-0.2, 0) is 9.59 Å². The van der Waals surface area contributed by atoms with E-state index in [0.717, 1.165) is 5.56 Å². The molecule has 4 aromatic rings. The third-order valence-corrected chi connectivity index (χ3v) is 7.97. The quantitative estimate of drug-likeness (QED) is 0.0797. The fourth-order valence-electron chi connectivity index (χ4n) is 3.81. The standard InChI is InChI=1S/C31H27N3O6S2/c1-2-27(30(38)33-22-11-12-26(35)24(17-22)31(39)40)42-23-10-6-9-21(16-23)32-29(37)25(15-19-13-14-41-18-19)34-28(36)20-7-4-3-5-8-20/h3-18,27,35H,2H2,1H3,(H,32,37)(H,33,38)(H,34,36)(H,39,40)/b25-15-. The molecule has 214 valence electrons. The first-order chi connectivity index (χ1) is 20.2. The van der Waals surface area contributed by atoms with Crippen LogP contribution in [0.3, 0.4) is 0 Å². The number of carboxylic acids is 1. The van der Waals surface area contributed by atoms with E-state index in [-0.39, 0.29) is 22.9 Å². The Morgan fingerprint density at radius 3 is 2.38 bits per heavy atom. The van der Waals surface area contributed by atoms with Crippen LogP contribution in [0.4, 0.5) is 11.4 Å². The average Bonchev–Trinajstić information content (AvgIpc) is 3.50. The number of nitrogens with one attached hydrogen (secondary N) is 3. The molecule has 1 atom stereocenters. The zero-order chi connectivity index (χ0) is 30.1. The number of carbonyl (C=O) groups excluding carboxylic acids is 3. The molecule has 1 heterocycles. The summed E-state index contributed by atoms with van der Waals surface area (Å²) in [6.07, 6.45) is 2.07. The van der Waals surface area contributed by atoms with E-state index in [1.165, 1.54) is 41.3 Å². The van der Waals surface area contributed by atoms with Crippen molar-refractivity contribution in [3.05, 3.63) is 112 Å². The molecule has 9 nitrogen and oxygen atoms in total. The second kappa shape index (κ2) is 14.2. The van der Waals surface area contributed by atoms with E-state index in [0.29, 0.717) is 22.6 Å². The molecule has 0 radical (unpaired) electrons. The number of carbonyl (C=O) groups is 4. The van der Waals surface area contributed by atoms with Crippen molar-refractivity contribution in [3.8, 4) is 5.75 Å². The molecule has 0 aliphatic rings. The average molecular weight is 602 g/mol. The van der Waals surface area contributed by atoms with Gasteiger partial charge in [0.05, 0.1) is 5.25 Å². The Hall–Kier alpha value is -4.87. The lowest BCUT2D eigenvalue weighted by molar-refractivity contribution is -0.116. The molecule has 0 aliphatic heterocycles. The third-order valence-electron chi connectivity index (χ3n) is 5.91. The summed E-state index contributed by atoms with van der Waals surface area (Å²) in [6.45, 7) is 1.85. The molecule has 11 heteroatoms. The first-order valence-corrected chi connectivity index (χ1v) is 14.6. The van der Waals surface area contributed by atoms with Gasteiger partial charge in [0.15, 0.2) is 0 Å².